The lowest BCUT2D eigenvalue weighted by Crippen LogP contribution is -2.36. The zero-order chi connectivity index (χ0) is 13.7. The Morgan fingerprint density at radius 1 is 1.53 bits per heavy atom. The number of hydrogen-bond acceptors (Lipinski definition) is 4. The molecule has 6 nitrogen and oxygen atoms in total. The molecule has 2 heterocycles. The van der Waals surface area contributed by atoms with E-state index in [-0.39, 0.29) is 12.1 Å². The first kappa shape index (κ1) is 13.2. The van der Waals surface area contributed by atoms with Gasteiger partial charge in [0, 0.05) is 18.5 Å². The van der Waals surface area contributed by atoms with Gasteiger partial charge in [0.05, 0.1) is 6.26 Å². The van der Waals surface area contributed by atoms with Crippen molar-refractivity contribution in [3.63, 3.8) is 0 Å². The van der Waals surface area contributed by atoms with E-state index in [1.807, 2.05) is 19.1 Å². The van der Waals surface area contributed by atoms with Gasteiger partial charge in [-0.15, -0.1) is 0 Å². The lowest BCUT2D eigenvalue weighted by molar-refractivity contribution is 0.248. The van der Waals surface area contributed by atoms with E-state index >= 15 is 0 Å². The second kappa shape index (κ2) is 6.08. The first-order valence-electron chi connectivity index (χ1n) is 6.16. The van der Waals surface area contributed by atoms with E-state index in [1.54, 1.807) is 19.3 Å². The molecule has 1 unspecified atom stereocenters. The average molecular weight is 263 g/mol. The van der Waals surface area contributed by atoms with Crippen molar-refractivity contribution in [3.05, 3.63) is 36.0 Å². The summed E-state index contributed by atoms with van der Waals surface area (Å²) in [6, 6.07) is 5.18. The number of furan rings is 1. The van der Waals surface area contributed by atoms with Crippen molar-refractivity contribution in [1.82, 2.24) is 10.5 Å². The summed E-state index contributed by atoms with van der Waals surface area (Å²) in [5.74, 6) is 1.98. The number of rotatable bonds is 5. The molecule has 0 bridgehead atoms. The maximum Gasteiger partial charge on any atom is 0.320 e. The number of amides is 2. The summed E-state index contributed by atoms with van der Waals surface area (Å²) in [5.41, 5.74) is 0. The Morgan fingerprint density at radius 3 is 3.00 bits per heavy atom. The number of anilines is 1. The van der Waals surface area contributed by atoms with Gasteiger partial charge in [0.1, 0.15) is 11.5 Å². The monoisotopic (exact) mass is 263 g/mol. The SMILES string of the molecule is Cc1cc(NC(=O)NC(C)CCc2ccco2)no1. The third-order valence-corrected chi connectivity index (χ3v) is 2.65. The van der Waals surface area contributed by atoms with Crippen molar-refractivity contribution in [2.24, 2.45) is 0 Å². The number of aryl methyl sites for hydroxylation is 2. The third kappa shape index (κ3) is 4.17. The molecule has 0 aliphatic heterocycles. The average Bonchev–Trinajstić information content (AvgIpc) is 2.98. The van der Waals surface area contributed by atoms with Crippen molar-refractivity contribution in [2.75, 3.05) is 5.32 Å². The molecule has 0 radical (unpaired) electrons. The molecule has 1 atom stereocenters. The molecule has 19 heavy (non-hydrogen) atoms. The van der Waals surface area contributed by atoms with Crippen LogP contribution in [-0.4, -0.2) is 17.2 Å². The molecule has 0 fully saturated rings. The Kier molecular flexibility index (Phi) is 4.22. The minimum Gasteiger partial charge on any atom is -0.469 e. The Morgan fingerprint density at radius 2 is 2.37 bits per heavy atom. The van der Waals surface area contributed by atoms with Crippen LogP contribution in [0.3, 0.4) is 0 Å². The molecule has 2 aromatic rings. The van der Waals surface area contributed by atoms with Crippen LogP contribution in [-0.2, 0) is 6.42 Å². The van der Waals surface area contributed by atoms with E-state index in [2.05, 4.69) is 15.8 Å². The van der Waals surface area contributed by atoms with Crippen LogP contribution in [0.1, 0.15) is 24.9 Å². The summed E-state index contributed by atoms with van der Waals surface area (Å²) < 4.78 is 10.1. The molecule has 0 aliphatic rings. The number of carbonyl (C=O) groups is 1. The normalized spacial score (nSPS) is 12.1. The van der Waals surface area contributed by atoms with Gasteiger partial charge in [-0.3, -0.25) is 5.32 Å². The van der Waals surface area contributed by atoms with Gasteiger partial charge in [0.15, 0.2) is 5.82 Å². The molecular weight excluding hydrogens is 246 g/mol. The van der Waals surface area contributed by atoms with Gasteiger partial charge in [-0.1, -0.05) is 5.16 Å². The standard InChI is InChI=1S/C13H17N3O3/c1-9(5-6-11-4-3-7-18-11)14-13(17)15-12-8-10(2)19-16-12/h3-4,7-9H,5-6H2,1-2H3,(H2,14,15,16,17). The van der Waals surface area contributed by atoms with Gasteiger partial charge in [-0.05, 0) is 32.4 Å². The fraction of sp³-hybridized carbons (Fsp3) is 0.385. The van der Waals surface area contributed by atoms with E-state index in [0.717, 1.165) is 18.6 Å². The van der Waals surface area contributed by atoms with Crippen LogP contribution in [0.5, 0.6) is 0 Å². The van der Waals surface area contributed by atoms with E-state index in [0.29, 0.717) is 11.6 Å². The first-order valence-corrected chi connectivity index (χ1v) is 6.16. The summed E-state index contributed by atoms with van der Waals surface area (Å²) >= 11 is 0. The Hall–Kier alpha value is -2.24. The molecule has 2 aromatic heterocycles. The molecule has 102 valence electrons. The highest BCUT2D eigenvalue weighted by Crippen LogP contribution is 2.08. The van der Waals surface area contributed by atoms with Crippen LogP contribution in [0.15, 0.2) is 33.4 Å². The highest BCUT2D eigenvalue weighted by Gasteiger charge is 2.10. The Balaban J connectivity index is 1.72. The molecule has 6 heteroatoms. The molecular formula is C13H17N3O3. The van der Waals surface area contributed by atoms with E-state index in [9.17, 15) is 4.79 Å². The number of aromatic nitrogens is 1. The minimum absolute atomic E-state index is 0.0399. The van der Waals surface area contributed by atoms with Crippen LogP contribution >= 0.6 is 0 Å². The fourth-order valence-corrected chi connectivity index (χ4v) is 1.69. The highest BCUT2D eigenvalue weighted by atomic mass is 16.5. The van der Waals surface area contributed by atoms with Crippen LogP contribution in [0.25, 0.3) is 0 Å². The maximum atomic E-state index is 11.7. The molecule has 2 amide bonds. The van der Waals surface area contributed by atoms with Crippen molar-refractivity contribution in [2.45, 2.75) is 32.7 Å². The van der Waals surface area contributed by atoms with Crippen LogP contribution in [0.2, 0.25) is 0 Å². The summed E-state index contributed by atoms with van der Waals surface area (Å²) in [7, 11) is 0. The van der Waals surface area contributed by atoms with Gasteiger partial charge in [0.2, 0.25) is 0 Å². The van der Waals surface area contributed by atoms with Crippen LogP contribution < -0.4 is 10.6 Å². The number of nitrogens with one attached hydrogen (secondary N) is 2. The summed E-state index contributed by atoms with van der Waals surface area (Å²) in [4.78, 5) is 11.7. The smallest absolute Gasteiger partial charge is 0.320 e. The molecule has 0 aromatic carbocycles. The molecule has 0 spiro atoms. The van der Waals surface area contributed by atoms with Crippen molar-refractivity contribution in [3.8, 4) is 0 Å². The fourth-order valence-electron chi connectivity index (χ4n) is 1.69. The second-order valence-corrected chi connectivity index (χ2v) is 4.44. The van der Waals surface area contributed by atoms with E-state index in [1.165, 1.54) is 0 Å². The van der Waals surface area contributed by atoms with Gasteiger partial charge < -0.3 is 14.3 Å². The lowest BCUT2D eigenvalue weighted by Gasteiger charge is -2.12. The Bertz CT molecular complexity index is 519. The topological polar surface area (TPSA) is 80.3 Å². The largest absolute Gasteiger partial charge is 0.469 e. The zero-order valence-electron chi connectivity index (χ0n) is 11.0. The number of hydrogen-bond donors (Lipinski definition) is 2. The van der Waals surface area contributed by atoms with E-state index < -0.39 is 0 Å². The maximum absolute atomic E-state index is 11.7. The van der Waals surface area contributed by atoms with Gasteiger partial charge in [-0.25, -0.2) is 4.79 Å². The molecule has 0 saturated heterocycles. The van der Waals surface area contributed by atoms with Gasteiger partial charge in [0.25, 0.3) is 0 Å². The number of urea groups is 1. The van der Waals surface area contributed by atoms with E-state index in [4.69, 9.17) is 8.94 Å². The van der Waals surface area contributed by atoms with Crippen LogP contribution in [0.4, 0.5) is 10.6 Å². The quantitative estimate of drug-likeness (QED) is 0.869. The number of carbonyl (C=O) groups excluding carboxylic acids is 1. The Labute approximate surface area is 111 Å². The predicted octanol–water partition coefficient (Wildman–Crippen LogP) is 2.72. The summed E-state index contributed by atoms with van der Waals surface area (Å²) in [6.07, 6.45) is 3.24. The minimum atomic E-state index is -0.291. The van der Waals surface area contributed by atoms with Crippen molar-refractivity contribution in [1.29, 1.82) is 0 Å². The summed E-state index contributed by atoms with van der Waals surface area (Å²) in [5, 5.41) is 9.12. The predicted molar refractivity (Wildman–Crippen MR) is 69.9 cm³/mol. The highest BCUT2D eigenvalue weighted by molar-refractivity contribution is 5.88. The first-order chi connectivity index (χ1) is 9.13. The van der Waals surface area contributed by atoms with Crippen LogP contribution in [0, 0.1) is 6.92 Å². The molecule has 0 aliphatic carbocycles. The molecule has 2 N–H and O–H groups in total. The second-order valence-electron chi connectivity index (χ2n) is 4.44. The molecule has 2 rings (SSSR count). The molecule has 0 saturated carbocycles. The van der Waals surface area contributed by atoms with Crippen molar-refractivity contribution >= 4 is 11.8 Å². The lowest BCUT2D eigenvalue weighted by atomic mass is 10.1. The van der Waals surface area contributed by atoms with Crippen molar-refractivity contribution < 1.29 is 13.7 Å². The van der Waals surface area contributed by atoms with Gasteiger partial charge >= 0.3 is 6.03 Å². The van der Waals surface area contributed by atoms with Gasteiger partial charge in [-0.2, -0.15) is 0 Å². The zero-order valence-corrected chi connectivity index (χ0v) is 11.0. The third-order valence-electron chi connectivity index (χ3n) is 2.65. The summed E-state index contributed by atoms with van der Waals surface area (Å²) in [6.45, 7) is 3.71. The number of nitrogens with zero attached hydrogens (tertiary/aromatic N) is 1.